The van der Waals surface area contributed by atoms with Gasteiger partial charge in [0.05, 0.1) is 5.60 Å². The molecule has 0 saturated carbocycles. The predicted octanol–water partition coefficient (Wildman–Crippen LogP) is 1.69. The fraction of sp³-hybridized carbons (Fsp3) is 0.615. The van der Waals surface area contributed by atoms with Gasteiger partial charge in [-0.15, -0.1) is 0 Å². The average Bonchev–Trinajstić information content (AvgIpc) is 2.38. The van der Waals surface area contributed by atoms with Gasteiger partial charge >= 0.3 is 0 Å². The SMILES string of the molecule is CCCC(O)(CCC)CNS(=O)(=O)c1ccccn1. The van der Waals surface area contributed by atoms with E-state index in [4.69, 9.17) is 0 Å². The topological polar surface area (TPSA) is 79.3 Å². The molecule has 0 atom stereocenters. The molecule has 6 heteroatoms. The van der Waals surface area contributed by atoms with Crippen LogP contribution >= 0.6 is 0 Å². The van der Waals surface area contributed by atoms with Gasteiger partial charge in [0.25, 0.3) is 10.0 Å². The molecule has 0 amide bonds. The third kappa shape index (κ3) is 4.89. The van der Waals surface area contributed by atoms with Gasteiger partial charge in [-0.2, -0.15) is 0 Å². The molecule has 0 radical (unpaired) electrons. The molecule has 0 aromatic carbocycles. The summed E-state index contributed by atoms with van der Waals surface area (Å²) in [5, 5.41) is 10.4. The lowest BCUT2D eigenvalue weighted by Gasteiger charge is -2.27. The molecule has 2 N–H and O–H groups in total. The molecule has 1 aromatic heterocycles. The Hall–Kier alpha value is -0.980. The van der Waals surface area contributed by atoms with E-state index in [1.54, 1.807) is 12.1 Å². The number of hydrogen-bond acceptors (Lipinski definition) is 4. The number of sulfonamides is 1. The van der Waals surface area contributed by atoms with Crippen molar-refractivity contribution in [2.45, 2.75) is 50.2 Å². The van der Waals surface area contributed by atoms with E-state index in [2.05, 4.69) is 9.71 Å². The number of aliphatic hydroxyl groups is 1. The Morgan fingerprint density at radius 2 is 1.89 bits per heavy atom. The van der Waals surface area contributed by atoms with Crippen molar-refractivity contribution < 1.29 is 13.5 Å². The van der Waals surface area contributed by atoms with Crippen molar-refractivity contribution in [1.82, 2.24) is 9.71 Å². The number of pyridine rings is 1. The quantitative estimate of drug-likeness (QED) is 0.762. The minimum absolute atomic E-state index is 0.0214. The Morgan fingerprint density at radius 1 is 1.26 bits per heavy atom. The van der Waals surface area contributed by atoms with Crippen molar-refractivity contribution in [1.29, 1.82) is 0 Å². The molecular weight excluding hydrogens is 264 g/mol. The summed E-state index contributed by atoms with van der Waals surface area (Å²) in [4.78, 5) is 3.81. The van der Waals surface area contributed by atoms with Gasteiger partial charge in [-0.1, -0.05) is 32.8 Å². The zero-order valence-corrected chi connectivity index (χ0v) is 12.3. The second-order valence-electron chi connectivity index (χ2n) is 4.72. The number of nitrogens with zero attached hydrogens (tertiary/aromatic N) is 1. The molecule has 0 fully saturated rings. The van der Waals surface area contributed by atoms with Crippen LogP contribution in [-0.2, 0) is 10.0 Å². The van der Waals surface area contributed by atoms with Gasteiger partial charge in [-0.05, 0) is 25.0 Å². The molecule has 0 aliphatic heterocycles. The van der Waals surface area contributed by atoms with Crippen molar-refractivity contribution in [3.8, 4) is 0 Å². The van der Waals surface area contributed by atoms with E-state index >= 15 is 0 Å². The second kappa shape index (κ2) is 6.98. The fourth-order valence-electron chi connectivity index (χ4n) is 2.04. The van der Waals surface area contributed by atoms with Crippen LogP contribution in [0.1, 0.15) is 39.5 Å². The van der Waals surface area contributed by atoms with Gasteiger partial charge in [-0.25, -0.2) is 18.1 Å². The van der Waals surface area contributed by atoms with Gasteiger partial charge in [0.2, 0.25) is 0 Å². The Morgan fingerprint density at radius 3 is 2.37 bits per heavy atom. The first kappa shape index (κ1) is 16.1. The van der Waals surface area contributed by atoms with Gasteiger partial charge < -0.3 is 5.11 Å². The predicted molar refractivity (Wildman–Crippen MR) is 74.2 cm³/mol. The van der Waals surface area contributed by atoms with E-state index in [0.29, 0.717) is 12.8 Å². The second-order valence-corrected chi connectivity index (χ2v) is 6.43. The highest BCUT2D eigenvalue weighted by Gasteiger charge is 2.27. The van der Waals surface area contributed by atoms with Gasteiger partial charge in [0.15, 0.2) is 5.03 Å². The molecule has 1 heterocycles. The lowest BCUT2D eigenvalue weighted by molar-refractivity contribution is 0.0266. The first-order valence-electron chi connectivity index (χ1n) is 6.56. The van der Waals surface area contributed by atoms with Crippen LogP contribution in [-0.4, -0.2) is 30.7 Å². The smallest absolute Gasteiger partial charge is 0.258 e. The molecule has 0 saturated heterocycles. The largest absolute Gasteiger partial charge is 0.389 e. The normalized spacial score (nSPS) is 12.6. The van der Waals surface area contributed by atoms with Crippen LogP contribution in [0.3, 0.4) is 0 Å². The molecule has 108 valence electrons. The molecule has 1 aromatic rings. The first-order chi connectivity index (χ1) is 8.93. The maximum Gasteiger partial charge on any atom is 0.258 e. The fourth-order valence-corrected chi connectivity index (χ4v) is 3.11. The van der Waals surface area contributed by atoms with Gasteiger partial charge in [-0.3, -0.25) is 0 Å². The number of nitrogens with one attached hydrogen (secondary N) is 1. The standard InChI is InChI=1S/C13H22N2O3S/c1-3-8-13(16,9-4-2)11-15-19(17,18)12-7-5-6-10-14-12/h5-7,10,15-16H,3-4,8-9,11H2,1-2H3. The molecule has 5 nitrogen and oxygen atoms in total. The maximum atomic E-state index is 12.0. The van der Waals surface area contributed by atoms with E-state index < -0.39 is 15.6 Å². The zero-order chi connectivity index (χ0) is 14.4. The summed E-state index contributed by atoms with van der Waals surface area (Å²) in [6.45, 7) is 3.95. The highest BCUT2D eigenvalue weighted by Crippen LogP contribution is 2.19. The minimum Gasteiger partial charge on any atom is -0.389 e. The van der Waals surface area contributed by atoms with Crippen molar-refractivity contribution in [3.63, 3.8) is 0 Å². The lowest BCUT2D eigenvalue weighted by Crippen LogP contribution is -2.42. The van der Waals surface area contributed by atoms with Crippen LogP contribution < -0.4 is 4.72 Å². The molecule has 19 heavy (non-hydrogen) atoms. The van der Waals surface area contributed by atoms with Crippen molar-refractivity contribution in [2.24, 2.45) is 0 Å². The molecule has 0 bridgehead atoms. The summed E-state index contributed by atoms with van der Waals surface area (Å²) in [5.41, 5.74) is -0.981. The van der Waals surface area contributed by atoms with Crippen LogP contribution in [0.4, 0.5) is 0 Å². The van der Waals surface area contributed by atoms with Crippen molar-refractivity contribution in [3.05, 3.63) is 24.4 Å². The van der Waals surface area contributed by atoms with Crippen molar-refractivity contribution >= 4 is 10.0 Å². The number of rotatable bonds is 8. The molecule has 1 rings (SSSR count). The Bertz CT molecular complexity index is 468. The lowest BCUT2D eigenvalue weighted by atomic mass is 9.93. The molecule has 0 spiro atoms. The van der Waals surface area contributed by atoms with Crippen LogP contribution in [0.2, 0.25) is 0 Å². The van der Waals surface area contributed by atoms with Crippen LogP contribution in [0.25, 0.3) is 0 Å². The number of aromatic nitrogens is 1. The van der Waals surface area contributed by atoms with E-state index in [9.17, 15) is 13.5 Å². The summed E-state index contributed by atoms with van der Waals surface area (Å²) in [5.74, 6) is 0. The third-order valence-electron chi connectivity index (χ3n) is 2.94. The first-order valence-corrected chi connectivity index (χ1v) is 8.05. The molecule has 0 unspecified atom stereocenters. The Balaban J connectivity index is 2.74. The number of hydrogen-bond donors (Lipinski definition) is 2. The zero-order valence-electron chi connectivity index (χ0n) is 11.5. The van der Waals surface area contributed by atoms with E-state index in [0.717, 1.165) is 12.8 Å². The molecule has 0 aliphatic rings. The van der Waals surface area contributed by atoms with E-state index in [1.807, 2.05) is 13.8 Å². The van der Waals surface area contributed by atoms with Gasteiger partial charge in [0, 0.05) is 12.7 Å². The summed E-state index contributed by atoms with van der Waals surface area (Å²) in [7, 11) is -3.65. The monoisotopic (exact) mass is 286 g/mol. The Kier molecular flexibility index (Phi) is 5.90. The minimum atomic E-state index is -3.65. The highest BCUT2D eigenvalue weighted by atomic mass is 32.2. The summed E-state index contributed by atoms with van der Waals surface area (Å²) in [6, 6.07) is 4.70. The van der Waals surface area contributed by atoms with E-state index in [-0.39, 0.29) is 11.6 Å². The van der Waals surface area contributed by atoms with Crippen LogP contribution in [0, 0.1) is 0 Å². The Labute approximate surface area is 115 Å². The third-order valence-corrected chi connectivity index (χ3v) is 4.25. The maximum absolute atomic E-state index is 12.0. The summed E-state index contributed by atoms with van der Waals surface area (Å²) >= 11 is 0. The highest BCUT2D eigenvalue weighted by molar-refractivity contribution is 7.89. The van der Waals surface area contributed by atoms with E-state index in [1.165, 1.54) is 12.3 Å². The summed E-state index contributed by atoms with van der Waals surface area (Å²) in [6.07, 6.45) is 4.19. The van der Waals surface area contributed by atoms with Crippen molar-refractivity contribution in [2.75, 3.05) is 6.54 Å². The summed E-state index contributed by atoms with van der Waals surface area (Å²) < 4.78 is 26.5. The van der Waals surface area contributed by atoms with Crippen LogP contribution in [0.5, 0.6) is 0 Å². The average molecular weight is 286 g/mol. The molecule has 0 aliphatic carbocycles. The van der Waals surface area contributed by atoms with Gasteiger partial charge in [0.1, 0.15) is 0 Å². The van der Waals surface area contributed by atoms with Crippen LogP contribution in [0.15, 0.2) is 29.4 Å². The molecular formula is C13H22N2O3S.